The Morgan fingerprint density at radius 2 is 1.96 bits per heavy atom. The Morgan fingerprint density at radius 1 is 1.31 bits per heavy atom. The molecule has 7 heteroatoms. The fourth-order valence-electron chi connectivity index (χ4n) is 2.95. The molecule has 6 nitrogen and oxygen atoms in total. The maximum absolute atomic E-state index is 12.5. The molecule has 1 saturated heterocycles. The number of esters is 1. The van der Waals surface area contributed by atoms with E-state index in [9.17, 15) is 18.0 Å². The third kappa shape index (κ3) is 5.42. The Bertz CT molecular complexity index is 783. The Hall–Kier alpha value is -2.15. The SMILES string of the molecule is CCN(C(=O)[C@H](C)OC(=O)/C=C/c1ccc(C)cc1)[C@H]1CCS(=O)(=O)C1. The quantitative estimate of drug-likeness (QED) is 0.558. The van der Waals surface area contributed by atoms with Gasteiger partial charge in [-0.05, 0) is 38.8 Å². The van der Waals surface area contributed by atoms with Crippen LogP contribution >= 0.6 is 0 Å². The summed E-state index contributed by atoms with van der Waals surface area (Å²) in [6.45, 7) is 5.64. The van der Waals surface area contributed by atoms with E-state index in [1.165, 1.54) is 17.9 Å². The van der Waals surface area contributed by atoms with Gasteiger partial charge in [0.2, 0.25) is 0 Å². The lowest BCUT2D eigenvalue weighted by Gasteiger charge is -2.29. The number of ether oxygens (including phenoxy) is 1. The molecular weight excluding hydrogens is 354 g/mol. The van der Waals surface area contributed by atoms with Gasteiger partial charge in [-0.1, -0.05) is 29.8 Å². The molecule has 0 aromatic heterocycles. The van der Waals surface area contributed by atoms with Crippen LogP contribution in [0.4, 0.5) is 0 Å². The van der Waals surface area contributed by atoms with Crippen LogP contribution < -0.4 is 0 Å². The minimum atomic E-state index is -3.09. The molecule has 0 N–H and O–H groups in total. The first-order valence-corrected chi connectivity index (χ1v) is 10.5. The summed E-state index contributed by atoms with van der Waals surface area (Å²) in [5, 5.41) is 0. The van der Waals surface area contributed by atoms with E-state index in [2.05, 4.69) is 0 Å². The predicted molar refractivity (Wildman–Crippen MR) is 100 cm³/mol. The van der Waals surface area contributed by atoms with Gasteiger partial charge in [-0.3, -0.25) is 4.79 Å². The lowest BCUT2D eigenvalue weighted by Crippen LogP contribution is -2.46. The number of benzene rings is 1. The van der Waals surface area contributed by atoms with Gasteiger partial charge >= 0.3 is 5.97 Å². The molecule has 0 bridgehead atoms. The van der Waals surface area contributed by atoms with E-state index in [0.29, 0.717) is 13.0 Å². The summed E-state index contributed by atoms with van der Waals surface area (Å²) < 4.78 is 28.5. The summed E-state index contributed by atoms with van der Waals surface area (Å²) in [5.41, 5.74) is 1.98. The Balaban J connectivity index is 1.94. The van der Waals surface area contributed by atoms with E-state index in [-0.39, 0.29) is 23.5 Å². The highest BCUT2D eigenvalue weighted by Gasteiger charge is 2.36. The number of rotatable bonds is 6. The molecule has 0 saturated carbocycles. The van der Waals surface area contributed by atoms with Gasteiger partial charge in [-0.25, -0.2) is 13.2 Å². The number of nitrogens with zero attached hydrogens (tertiary/aromatic N) is 1. The zero-order valence-electron chi connectivity index (χ0n) is 15.3. The first-order valence-electron chi connectivity index (χ1n) is 8.68. The van der Waals surface area contributed by atoms with Crippen LogP contribution in [0.1, 0.15) is 31.4 Å². The smallest absolute Gasteiger partial charge is 0.331 e. The predicted octanol–water partition coefficient (Wildman–Crippen LogP) is 1.98. The van der Waals surface area contributed by atoms with E-state index in [1.807, 2.05) is 31.2 Å². The maximum atomic E-state index is 12.5. The molecule has 0 aliphatic carbocycles. The molecule has 0 unspecified atom stereocenters. The summed E-state index contributed by atoms with van der Waals surface area (Å²) in [6, 6.07) is 7.29. The van der Waals surface area contributed by atoms with Crippen molar-refractivity contribution in [1.82, 2.24) is 4.90 Å². The van der Waals surface area contributed by atoms with E-state index in [4.69, 9.17) is 4.74 Å². The van der Waals surface area contributed by atoms with Crippen molar-refractivity contribution in [1.29, 1.82) is 0 Å². The van der Waals surface area contributed by atoms with Gasteiger partial charge in [-0.15, -0.1) is 0 Å². The van der Waals surface area contributed by atoms with Crippen molar-refractivity contribution in [3.05, 3.63) is 41.5 Å². The van der Waals surface area contributed by atoms with E-state index in [1.54, 1.807) is 13.0 Å². The van der Waals surface area contributed by atoms with Crippen LogP contribution in [0.25, 0.3) is 6.08 Å². The van der Waals surface area contributed by atoms with Crippen molar-refractivity contribution in [3.8, 4) is 0 Å². The van der Waals surface area contributed by atoms with Crippen molar-refractivity contribution in [2.75, 3.05) is 18.1 Å². The van der Waals surface area contributed by atoms with Gasteiger partial charge in [0.1, 0.15) is 0 Å². The molecule has 0 spiro atoms. The van der Waals surface area contributed by atoms with E-state index < -0.39 is 21.9 Å². The first-order chi connectivity index (χ1) is 12.2. The van der Waals surface area contributed by atoms with Crippen LogP contribution in [0.5, 0.6) is 0 Å². The molecule has 2 atom stereocenters. The molecule has 2 rings (SSSR count). The van der Waals surface area contributed by atoms with Gasteiger partial charge < -0.3 is 9.64 Å². The summed E-state index contributed by atoms with van der Waals surface area (Å²) in [4.78, 5) is 26.0. The second-order valence-corrected chi connectivity index (χ2v) is 8.73. The largest absolute Gasteiger partial charge is 0.449 e. The number of carbonyl (C=O) groups excluding carboxylic acids is 2. The third-order valence-corrected chi connectivity index (χ3v) is 6.15. The molecule has 142 valence electrons. The van der Waals surface area contributed by atoms with Gasteiger partial charge in [0, 0.05) is 18.7 Å². The van der Waals surface area contributed by atoms with Crippen LogP contribution in [-0.4, -0.2) is 55.4 Å². The van der Waals surface area contributed by atoms with Crippen LogP contribution in [0, 0.1) is 6.92 Å². The zero-order valence-corrected chi connectivity index (χ0v) is 16.2. The molecule has 26 heavy (non-hydrogen) atoms. The maximum Gasteiger partial charge on any atom is 0.331 e. The molecule has 1 aromatic rings. The molecule has 1 aromatic carbocycles. The number of hydrogen-bond acceptors (Lipinski definition) is 5. The Labute approximate surface area is 154 Å². The average Bonchev–Trinajstić information content (AvgIpc) is 2.94. The lowest BCUT2D eigenvalue weighted by atomic mass is 10.1. The van der Waals surface area contributed by atoms with Crippen molar-refractivity contribution in [2.24, 2.45) is 0 Å². The monoisotopic (exact) mass is 379 g/mol. The standard InChI is InChI=1S/C19H25NO5S/c1-4-20(17-11-12-26(23,24)13-17)19(22)15(3)25-18(21)10-9-16-7-5-14(2)6-8-16/h5-10,15,17H,4,11-13H2,1-3H3/b10-9+/t15-,17-/m0/s1. The Morgan fingerprint density at radius 3 is 2.50 bits per heavy atom. The Kier molecular flexibility index (Phi) is 6.58. The number of amides is 1. The topological polar surface area (TPSA) is 80.8 Å². The molecule has 1 heterocycles. The number of carbonyl (C=O) groups is 2. The van der Waals surface area contributed by atoms with Crippen molar-refractivity contribution in [2.45, 2.75) is 39.3 Å². The molecule has 1 fully saturated rings. The number of likely N-dealkylation sites (N-methyl/N-ethyl adjacent to an activating group) is 1. The summed E-state index contributed by atoms with van der Waals surface area (Å²) in [6.07, 6.45) is 2.37. The second-order valence-electron chi connectivity index (χ2n) is 6.50. The number of hydrogen-bond donors (Lipinski definition) is 0. The summed E-state index contributed by atoms with van der Waals surface area (Å²) >= 11 is 0. The summed E-state index contributed by atoms with van der Waals surface area (Å²) in [7, 11) is -3.09. The van der Waals surface area contributed by atoms with Crippen molar-refractivity contribution < 1.29 is 22.7 Å². The van der Waals surface area contributed by atoms with E-state index >= 15 is 0 Å². The molecular formula is C19H25NO5S. The second kappa shape index (κ2) is 8.49. The summed E-state index contributed by atoms with van der Waals surface area (Å²) in [5.74, 6) is -0.914. The normalized spacial score (nSPS) is 20.0. The molecule has 1 aliphatic rings. The molecule has 0 radical (unpaired) electrons. The van der Waals surface area contributed by atoms with Crippen LogP contribution in [0.2, 0.25) is 0 Å². The average molecular weight is 379 g/mol. The van der Waals surface area contributed by atoms with E-state index in [0.717, 1.165) is 11.1 Å². The minimum absolute atomic E-state index is 0.0272. The minimum Gasteiger partial charge on any atom is -0.449 e. The van der Waals surface area contributed by atoms with Crippen molar-refractivity contribution in [3.63, 3.8) is 0 Å². The van der Waals surface area contributed by atoms with Crippen LogP contribution in [0.15, 0.2) is 30.3 Å². The molecule has 1 aliphatic heterocycles. The van der Waals surface area contributed by atoms with Crippen LogP contribution in [0.3, 0.4) is 0 Å². The highest BCUT2D eigenvalue weighted by atomic mass is 32.2. The van der Waals surface area contributed by atoms with Gasteiger partial charge in [0.25, 0.3) is 5.91 Å². The van der Waals surface area contributed by atoms with Gasteiger partial charge in [-0.2, -0.15) is 0 Å². The lowest BCUT2D eigenvalue weighted by molar-refractivity contribution is -0.156. The highest BCUT2D eigenvalue weighted by molar-refractivity contribution is 7.91. The van der Waals surface area contributed by atoms with Gasteiger partial charge in [0.05, 0.1) is 11.5 Å². The number of aryl methyl sites for hydroxylation is 1. The fourth-order valence-corrected chi connectivity index (χ4v) is 4.69. The van der Waals surface area contributed by atoms with Gasteiger partial charge in [0.15, 0.2) is 15.9 Å². The molecule has 1 amide bonds. The van der Waals surface area contributed by atoms with Crippen LogP contribution in [-0.2, 0) is 24.2 Å². The zero-order chi connectivity index (χ0) is 19.3. The first kappa shape index (κ1) is 20.2. The number of sulfone groups is 1. The third-order valence-electron chi connectivity index (χ3n) is 4.40. The van der Waals surface area contributed by atoms with Crippen molar-refractivity contribution >= 4 is 27.8 Å². The highest BCUT2D eigenvalue weighted by Crippen LogP contribution is 2.19. The fraction of sp³-hybridized carbons (Fsp3) is 0.474.